The topological polar surface area (TPSA) is 6.48 Å². The summed E-state index contributed by atoms with van der Waals surface area (Å²) in [7, 11) is 0. The third kappa shape index (κ3) is 6.00. The lowest BCUT2D eigenvalue weighted by Crippen LogP contribution is -2.34. The Morgan fingerprint density at radius 3 is 1.38 bits per heavy atom. The fraction of sp³-hybridized carbons (Fsp3) is 0.172. The zero-order valence-corrected chi connectivity index (χ0v) is 34.5. The van der Waals surface area contributed by atoms with Crippen molar-refractivity contribution in [2.45, 2.75) is 50.4 Å². The molecule has 0 amide bonds. The van der Waals surface area contributed by atoms with Gasteiger partial charge in [0, 0.05) is 45.0 Å². The molecule has 0 spiro atoms. The Labute approximate surface area is 355 Å². The molecule has 3 aliphatic carbocycles. The second kappa shape index (κ2) is 14.6. The molecular weight excluding hydrogens is 725 g/mol. The molecule has 8 aromatic carbocycles. The van der Waals surface area contributed by atoms with Crippen LogP contribution in [0.15, 0.2) is 206 Å². The molecule has 3 atom stereocenters. The highest BCUT2D eigenvalue weighted by atomic mass is 15.1. The van der Waals surface area contributed by atoms with Gasteiger partial charge < -0.3 is 9.80 Å². The van der Waals surface area contributed by atoms with Gasteiger partial charge in [-0.25, -0.2) is 0 Å². The van der Waals surface area contributed by atoms with Crippen molar-refractivity contribution < 1.29 is 0 Å². The molecule has 3 unspecified atom stereocenters. The molecule has 60 heavy (non-hydrogen) atoms. The SMILES string of the molecule is CC1(C)c2ccc(-c3ccccc3)cc2-c2ccc(N(c3ccccc3)c3ccc(C4(c5ccc(N(c6ccccc6)c6ccccc6)cc5)CC5CCC4C5)cc3)cc21. The van der Waals surface area contributed by atoms with Gasteiger partial charge in [-0.2, -0.15) is 0 Å². The average Bonchev–Trinajstić information content (AvgIpc) is 4.00. The van der Waals surface area contributed by atoms with Crippen molar-refractivity contribution in [2.24, 2.45) is 11.8 Å². The molecule has 2 fully saturated rings. The number of para-hydroxylation sites is 3. The van der Waals surface area contributed by atoms with E-state index in [1.807, 2.05) is 0 Å². The Morgan fingerprint density at radius 1 is 0.400 bits per heavy atom. The molecule has 0 radical (unpaired) electrons. The van der Waals surface area contributed by atoms with Crippen LogP contribution in [0, 0.1) is 11.8 Å². The first kappa shape index (κ1) is 36.4. The van der Waals surface area contributed by atoms with Crippen LogP contribution in [0.2, 0.25) is 0 Å². The lowest BCUT2D eigenvalue weighted by atomic mass is 9.64. The zero-order chi connectivity index (χ0) is 40.3. The molecule has 0 N–H and O–H groups in total. The average molecular weight is 775 g/mol. The highest BCUT2D eigenvalue weighted by Gasteiger charge is 2.52. The fourth-order valence-electron chi connectivity index (χ4n) is 11.3. The third-order valence-electron chi connectivity index (χ3n) is 14.2. The van der Waals surface area contributed by atoms with Gasteiger partial charge in [0.15, 0.2) is 0 Å². The van der Waals surface area contributed by atoms with Gasteiger partial charge in [0.1, 0.15) is 0 Å². The summed E-state index contributed by atoms with van der Waals surface area (Å²) in [4.78, 5) is 4.81. The van der Waals surface area contributed by atoms with Crippen LogP contribution in [0.4, 0.5) is 34.1 Å². The maximum absolute atomic E-state index is 2.46. The Morgan fingerprint density at radius 2 is 0.883 bits per heavy atom. The quantitative estimate of drug-likeness (QED) is 0.144. The lowest BCUT2D eigenvalue weighted by molar-refractivity contribution is 0.320. The molecule has 0 aromatic heterocycles. The number of benzene rings is 8. The fourth-order valence-corrected chi connectivity index (χ4v) is 11.3. The first-order chi connectivity index (χ1) is 29.5. The molecule has 0 saturated heterocycles. The van der Waals surface area contributed by atoms with Crippen LogP contribution in [-0.2, 0) is 10.8 Å². The van der Waals surface area contributed by atoms with E-state index in [1.54, 1.807) is 0 Å². The van der Waals surface area contributed by atoms with Crippen LogP contribution in [0.5, 0.6) is 0 Å². The molecule has 2 heteroatoms. The first-order valence-electron chi connectivity index (χ1n) is 21.8. The second-order valence-electron chi connectivity index (χ2n) is 17.8. The maximum atomic E-state index is 2.46. The highest BCUT2D eigenvalue weighted by molar-refractivity contribution is 5.88. The molecule has 2 nitrogen and oxygen atoms in total. The van der Waals surface area contributed by atoms with Crippen molar-refractivity contribution in [1.29, 1.82) is 0 Å². The zero-order valence-electron chi connectivity index (χ0n) is 34.5. The van der Waals surface area contributed by atoms with Crippen LogP contribution in [0.3, 0.4) is 0 Å². The van der Waals surface area contributed by atoms with Crippen molar-refractivity contribution in [3.63, 3.8) is 0 Å². The number of anilines is 6. The van der Waals surface area contributed by atoms with Gasteiger partial charge in [-0.05, 0) is 154 Å². The normalized spacial score (nSPS) is 19.4. The summed E-state index contributed by atoms with van der Waals surface area (Å²) < 4.78 is 0. The van der Waals surface area contributed by atoms with Crippen molar-refractivity contribution in [3.05, 3.63) is 229 Å². The Balaban J connectivity index is 0.963. The van der Waals surface area contributed by atoms with Crippen molar-refractivity contribution >= 4 is 34.1 Å². The molecule has 8 aromatic rings. The molecule has 2 saturated carbocycles. The van der Waals surface area contributed by atoms with Crippen LogP contribution in [0.25, 0.3) is 22.3 Å². The van der Waals surface area contributed by atoms with E-state index in [1.165, 1.54) is 98.6 Å². The molecule has 0 heterocycles. The minimum absolute atomic E-state index is 0.00382. The van der Waals surface area contributed by atoms with Gasteiger partial charge in [0.2, 0.25) is 0 Å². The molecular formula is C58H50N2. The molecule has 0 aliphatic heterocycles. The smallest absolute Gasteiger partial charge is 0.0465 e. The Hall–Kier alpha value is -6.64. The predicted octanol–water partition coefficient (Wildman–Crippen LogP) is 15.7. The molecule has 3 aliphatic rings. The van der Waals surface area contributed by atoms with E-state index < -0.39 is 0 Å². The second-order valence-corrected chi connectivity index (χ2v) is 17.8. The van der Waals surface area contributed by atoms with Crippen LogP contribution in [-0.4, -0.2) is 0 Å². The summed E-state index contributed by atoms with van der Waals surface area (Å²) in [5, 5.41) is 0. The Bertz CT molecular complexity index is 2740. The molecule has 2 bridgehead atoms. The number of nitrogens with zero attached hydrogens (tertiary/aromatic N) is 2. The third-order valence-corrected chi connectivity index (χ3v) is 14.2. The van der Waals surface area contributed by atoms with Gasteiger partial charge in [0.25, 0.3) is 0 Å². The summed E-state index contributed by atoms with van der Waals surface area (Å²) in [6.45, 7) is 4.76. The monoisotopic (exact) mass is 774 g/mol. The predicted molar refractivity (Wildman–Crippen MR) is 251 cm³/mol. The highest BCUT2D eigenvalue weighted by Crippen LogP contribution is 2.60. The van der Waals surface area contributed by atoms with Crippen LogP contribution in [0.1, 0.15) is 61.8 Å². The lowest BCUT2D eigenvalue weighted by Gasteiger charge is -2.40. The van der Waals surface area contributed by atoms with Gasteiger partial charge in [-0.3, -0.25) is 0 Å². The molecule has 292 valence electrons. The van der Waals surface area contributed by atoms with Crippen molar-refractivity contribution in [2.75, 3.05) is 9.80 Å². The minimum atomic E-state index is -0.120. The van der Waals surface area contributed by atoms with Crippen LogP contribution >= 0.6 is 0 Å². The number of hydrogen-bond donors (Lipinski definition) is 0. The van der Waals surface area contributed by atoms with Crippen molar-refractivity contribution in [3.8, 4) is 22.3 Å². The van der Waals surface area contributed by atoms with E-state index in [0.29, 0.717) is 5.92 Å². The number of fused-ring (bicyclic) bond motifs is 5. The Kier molecular flexibility index (Phi) is 8.85. The number of hydrogen-bond acceptors (Lipinski definition) is 2. The minimum Gasteiger partial charge on any atom is -0.311 e. The summed E-state index contributed by atoms with van der Waals surface area (Å²) in [5.74, 6) is 1.43. The van der Waals surface area contributed by atoms with E-state index in [-0.39, 0.29) is 10.8 Å². The number of rotatable bonds is 9. The van der Waals surface area contributed by atoms with Crippen molar-refractivity contribution in [1.82, 2.24) is 0 Å². The standard InChI is InChI=1S/C58H50N2/c1-57(2)55-36-24-43(42-15-7-3-8-16-42)38-54(55)53-35-34-52(39-56(53)57)60(49-21-13-6-14-22-49)51-32-28-45(29-33-51)58(40-41-23-25-46(58)37-41)44-26-30-50(31-27-44)59(47-17-9-4-10-18-47)48-19-11-5-12-20-48/h3-22,24,26-36,38-39,41,46H,23,25,37,40H2,1-2H3. The van der Waals surface area contributed by atoms with E-state index >= 15 is 0 Å². The van der Waals surface area contributed by atoms with E-state index in [0.717, 1.165) is 11.6 Å². The summed E-state index contributed by atoms with van der Waals surface area (Å²) in [6.07, 6.45) is 5.18. The summed E-state index contributed by atoms with van der Waals surface area (Å²) in [5.41, 5.74) is 17.8. The van der Waals surface area contributed by atoms with Gasteiger partial charge in [0.05, 0.1) is 0 Å². The van der Waals surface area contributed by atoms with Gasteiger partial charge in [-0.15, -0.1) is 0 Å². The van der Waals surface area contributed by atoms with Gasteiger partial charge in [-0.1, -0.05) is 148 Å². The summed E-state index contributed by atoms with van der Waals surface area (Å²) in [6, 6.07) is 76.5. The van der Waals surface area contributed by atoms with E-state index in [9.17, 15) is 0 Å². The van der Waals surface area contributed by atoms with E-state index in [2.05, 4.69) is 230 Å². The largest absolute Gasteiger partial charge is 0.311 e. The van der Waals surface area contributed by atoms with Gasteiger partial charge >= 0.3 is 0 Å². The molecule has 11 rings (SSSR count). The first-order valence-corrected chi connectivity index (χ1v) is 21.8. The van der Waals surface area contributed by atoms with Crippen LogP contribution < -0.4 is 9.80 Å². The maximum Gasteiger partial charge on any atom is 0.0465 e. The summed E-state index contributed by atoms with van der Waals surface area (Å²) >= 11 is 0. The van der Waals surface area contributed by atoms with E-state index in [4.69, 9.17) is 0 Å².